The molecule has 0 saturated carbocycles. The summed E-state index contributed by atoms with van der Waals surface area (Å²) in [6.07, 6.45) is 0. The fraction of sp³-hybridized carbons (Fsp3) is 0.143. The first kappa shape index (κ1) is 21.8. The Bertz CT molecular complexity index is 1750. The number of aromatic hydroxyl groups is 1. The minimum atomic E-state index is -0.927. The van der Waals surface area contributed by atoms with E-state index in [1.54, 1.807) is 58.9 Å². The van der Waals surface area contributed by atoms with Gasteiger partial charge < -0.3 is 19.0 Å². The van der Waals surface area contributed by atoms with E-state index in [0.29, 0.717) is 39.4 Å². The Morgan fingerprint density at radius 2 is 1.61 bits per heavy atom. The van der Waals surface area contributed by atoms with Crippen LogP contribution in [-0.2, 0) is 7.05 Å². The lowest BCUT2D eigenvalue weighted by atomic mass is 9.84. The van der Waals surface area contributed by atoms with Crippen molar-refractivity contribution in [2.75, 3.05) is 6.79 Å². The zero-order valence-corrected chi connectivity index (χ0v) is 19.6. The SMILES string of the molecule is Cc1c([C@H](c2ccc3c(c2)OCO3)c2c(O)c3ccccc3oc2=O)c(=O)n(-c2ccccc2)n1C. The van der Waals surface area contributed by atoms with Crippen LogP contribution in [0.15, 0.2) is 86.8 Å². The van der Waals surface area contributed by atoms with E-state index in [1.807, 2.05) is 37.3 Å². The van der Waals surface area contributed by atoms with Crippen LogP contribution in [0, 0.1) is 6.92 Å². The topological polar surface area (TPSA) is 95.8 Å². The van der Waals surface area contributed by atoms with Crippen LogP contribution in [0.2, 0.25) is 0 Å². The summed E-state index contributed by atoms with van der Waals surface area (Å²) >= 11 is 0. The molecule has 0 spiro atoms. The number of fused-ring (bicyclic) bond motifs is 2. The third kappa shape index (κ3) is 3.22. The fourth-order valence-electron chi connectivity index (χ4n) is 4.89. The summed E-state index contributed by atoms with van der Waals surface area (Å²) < 4.78 is 19.9. The molecule has 0 saturated heterocycles. The summed E-state index contributed by atoms with van der Waals surface area (Å²) in [5.74, 6) is -0.0830. The van der Waals surface area contributed by atoms with E-state index in [-0.39, 0.29) is 29.2 Å². The predicted octanol–water partition coefficient (Wildman–Crippen LogP) is 4.21. The molecule has 0 unspecified atom stereocenters. The Balaban J connectivity index is 1.69. The maximum Gasteiger partial charge on any atom is 0.344 e. The summed E-state index contributed by atoms with van der Waals surface area (Å²) in [6, 6.07) is 21.2. The summed E-state index contributed by atoms with van der Waals surface area (Å²) in [4.78, 5) is 27.4. The van der Waals surface area contributed by atoms with Gasteiger partial charge in [-0.2, -0.15) is 0 Å². The van der Waals surface area contributed by atoms with Crippen molar-refractivity contribution in [2.45, 2.75) is 12.8 Å². The Kier molecular flexibility index (Phi) is 4.96. The van der Waals surface area contributed by atoms with E-state index in [9.17, 15) is 14.7 Å². The van der Waals surface area contributed by atoms with Gasteiger partial charge in [0.1, 0.15) is 11.3 Å². The number of benzene rings is 3. The molecule has 8 nitrogen and oxygen atoms in total. The number of para-hydroxylation sites is 2. The number of hydrogen-bond acceptors (Lipinski definition) is 6. The van der Waals surface area contributed by atoms with Crippen LogP contribution in [0.1, 0.15) is 28.3 Å². The van der Waals surface area contributed by atoms with Crippen molar-refractivity contribution in [1.29, 1.82) is 0 Å². The van der Waals surface area contributed by atoms with Crippen molar-refractivity contribution in [2.24, 2.45) is 7.05 Å². The van der Waals surface area contributed by atoms with Crippen LogP contribution >= 0.6 is 0 Å². The lowest BCUT2D eigenvalue weighted by Crippen LogP contribution is -2.24. The highest BCUT2D eigenvalue weighted by atomic mass is 16.7. The van der Waals surface area contributed by atoms with Gasteiger partial charge in [0.05, 0.1) is 28.1 Å². The molecule has 1 aliphatic rings. The van der Waals surface area contributed by atoms with Gasteiger partial charge >= 0.3 is 5.63 Å². The second kappa shape index (κ2) is 8.20. The summed E-state index contributed by atoms with van der Waals surface area (Å²) in [5.41, 5.74) is 1.47. The number of rotatable bonds is 4. The molecule has 3 heterocycles. The molecule has 1 aliphatic heterocycles. The number of nitrogens with zero attached hydrogens (tertiary/aromatic N) is 2. The number of aromatic nitrogens is 2. The highest BCUT2D eigenvalue weighted by Crippen LogP contribution is 2.42. The van der Waals surface area contributed by atoms with E-state index < -0.39 is 11.5 Å². The molecule has 180 valence electrons. The summed E-state index contributed by atoms with van der Waals surface area (Å²) in [6.45, 7) is 1.90. The van der Waals surface area contributed by atoms with Gasteiger partial charge in [-0.3, -0.25) is 9.48 Å². The molecule has 8 heteroatoms. The Hall–Kier alpha value is -4.72. The molecular formula is C28H22N2O6. The van der Waals surface area contributed by atoms with Gasteiger partial charge in [0, 0.05) is 12.7 Å². The van der Waals surface area contributed by atoms with E-state index in [1.165, 1.54) is 0 Å². The molecule has 0 radical (unpaired) electrons. The van der Waals surface area contributed by atoms with Crippen molar-refractivity contribution in [3.8, 4) is 22.9 Å². The van der Waals surface area contributed by atoms with E-state index in [4.69, 9.17) is 13.9 Å². The molecule has 0 amide bonds. The van der Waals surface area contributed by atoms with Gasteiger partial charge in [0.15, 0.2) is 11.5 Å². The molecule has 1 atom stereocenters. The highest BCUT2D eigenvalue weighted by molar-refractivity contribution is 5.84. The van der Waals surface area contributed by atoms with E-state index in [0.717, 1.165) is 0 Å². The van der Waals surface area contributed by atoms with Crippen LogP contribution in [0.4, 0.5) is 0 Å². The molecule has 36 heavy (non-hydrogen) atoms. The average molecular weight is 482 g/mol. The zero-order chi connectivity index (χ0) is 25.0. The highest BCUT2D eigenvalue weighted by Gasteiger charge is 2.33. The van der Waals surface area contributed by atoms with Crippen molar-refractivity contribution >= 4 is 11.0 Å². The largest absolute Gasteiger partial charge is 0.507 e. The van der Waals surface area contributed by atoms with Gasteiger partial charge in [0.2, 0.25) is 6.79 Å². The van der Waals surface area contributed by atoms with Gasteiger partial charge in [0.25, 0.3) is 5.56 Å². The first-order valence-corrected chi connectivity index (χ1v) is 11.4. The molecule has 0 fully saturated rings. The second-order valence-electron chi connectivity index (χ2n) is 8.67. The third-order valence-electron chi connectivity index (χ3n) is 6.73. The van der Waals surface area contributed by atoms with Crippen molar-refractivity contribution in [3.05, 3.63) is 116 Å². The standard InChI is InChI=1S/C28H22N2O6/c1-16-23(27(32)30(29(16)2)18-8-4-3-5-9-18)24(17-12-13-21-22(14-17)35-15-34-21)25-26(31)19-10-6-7-11-20(19)36-28(25)33/h3-14,24,31H,15H2,1-2H3/t24-/m0/s1. The molecule has 3 aromatic carbocycles. The van der Waals surface area contributed by atoms with Crippen LogP contribution in [0.5, 0.6) is 17.2 Å². The molecule has 1 N–H and O–H groups in total. The summed E-state index contributed by atoms with van der Waals surface area (Å²) in [5, 5.41) is 11.7. The average Bonchev–Trinajstić information content (AvgIpc) is 3.44. The maximum absolute atomic E-state index is 14.0. The van der Waals surface area contributed by atoms with Crippen LogP contribution in [0.3, 0.4) is 0 Å². The van der Waals surface area contributed by atoms with Crippen molar-refractivity contribution in [3.63, 3.8) is 0 Å². The Labute approximate surface area is 205 Å². The van der Waals surface area contributed by atoms with Gasteiger partial charge in [-0.15, -0.1) is 0 Å². The van der Waals surface area contributed by atoms with E-state index >= 15 is 0 Å². The van der Waals surface area contributed by atoms with Gasteiger partial charge in [-0.25, -0.2) is 9.48 Å². The van der Waals surface area contributed by atoms with Crippen LogP contribution < -0.4 is 20.7 Å². The normalized spacial score (nSPS) is 13.3. The van der Waals surface area contributed by atoms with Crippen molar-refractivity contribution < 1.29 is 19.0 Å². The number of ether oxygens (including phenoxy) is 2. The second-order valence-corrected chi connectivity index (χ2v) is 8.67. The molecule has 5 aromatic rings. The number of hydrogen-bond donors (Lipinski definition) is 1. The monoisotopic (exact) mass is 482 g/mol. The first-order valence-electron chi connectivity index (χ1n) is 11.4. The minimum Gasteiger partial charge on any atom is -0.507 e. The smallest absolute Gasteiger partial charge is 0.344 e. The van der Waals surface area contributed by atoms with Crippen LogP contribution in [-0.4, -0.2) is 21.3 Å². The lowest BCUT2D eigenvalue weighted by Gasteiger charge is -2.18. The molecule has 6 rings (SSSR count). The lowest BCUT2D eigenvalue weighted by molar-refractivity contribution is 0.174. The zero-order valence-electron chi connectivity index (χ0n) is 19.6. The predicted molar refractivity (Wildman–Crippen MR) is 133 cm³/mol. The fourth-order valence-corrected chi connectivity index (χ4v) is 4.89. The Morgan fingerprint density at radius 3 is 2.42 bits per heavy atom. The Morgan fingerprint density at radius 1 is 0.889 bits per heavy atom. The van der Waals surface area contributed by atoms with E-state index in [2.05, 4.69) is 0 Å². The molecule has 0 bridgehead atoms. The molecular weight excluding hydrogens is 460 g/mol. The van der Waals surface area contributed by atoms with Gasteiger partial charge in [-0.1, -0.05) is 36.4 Å². The quantitative estimate of drug-likeness (QED) is 0.386. The first-order chi connectivity index (χ1) is 17.5. The van der Waals surface area contributed by atoms with Crippen LogP contribution in [0.25, 0.3) is 16.7 Å². The third-order valence-corrected chi connectivity index (χ3v) is 6.73. The maximum atomic E-state index is 14.0. The van der Waals surface area contributed by atoms with Crippen molar-refractivity contribution in [1.82, 2.24) is 9.36 Å². The summed E-state index contributed by atoms with van der Waals surface area (Å²) in [7, 11) is 1.78. The van der Waals surface area contributed by atoms with Gasteiger partial charge in [-0.05, 0) is 48.9 Å². The molecule has 2 aromatic heterocycles. The minimum absolute atomic E-state index is 0.0152. The molecule has 0 aliphatic carbocycles.